The van der Waals surface area contributed by atoms with Crippen molar-refractivity contribution in [3.63, 3.8) is 0 Å². The number of nitrogens with one attached hydrogen (secondary N) is 1. The Morgan fingerprint density at radius 1 is 1.32 bits per heavy atom. The lowest BCUT2D eigenvalue weighted by atomic mass is 10.1. The summed E-state index contributed by atoms with van der Waals surface area (Å²) in [4.78, 5) is 26.2. The third-order valence-electron chi connectivity index (χ3n) is 2.75. The number of hydrogen-bond donors (Lipinski definition) is 1. The number of nitriles is 1. The molecule has 6 heteroatoms. The van der Waals surface area contributed by atoms with Gasteiger partial charge in [0.25, 0.3) is 5.56 Å². The number of nitrogens with zero attached hydrogens (tertiary/aromatic N) is 2. The van der Waals surface area contributed by atoms with E-state index in [1.165, 1.54) is 0 Å². The SMILES string of the molecule is Cc1c(Cl)[nH]c(=O)n(-c2ccc(CC#N)cc2)c1=O. The predicted molar refractivity (Wildman–Crippen MR) is 71.7 cm³/mol. The van der Waals surface area contributed by atoms with Gasteiger partial charge in [-0.2, -0.15) is 5.26 Å². The molecule has 0 unspecified atom stereocenters. The lowest BCUT2D eigenvalue weighted by Crippen LogP contribution is -2.35. The predicted octanol–water partition coefficient (Wildman–Crippen LogP) is 1.55. The fraction of sp³-hybridized carbons (Fsp3) is 0.154. The molecule has 0 saturated heterocycles. The molecule has 0 fully saturated rings. The van der Waals surface area contributed by atoms with E-state index in [9.17, 15) is 9.59 Å². The molecule has 96 valence electrons. The van der Waals surface area contributed by atoms with Gasteiger partial charge in [0.05, 0.1) is 23.7 Å². The Hall–Kier alpha value is -2.32. The summed E-state index contributed by atoms with van der Waals surface area (Å²) in [5.41, 5.74) is 0.493. The molecule has 2 rings (SSSR count). The van der Waals surface area contributed by atoms with Crippen molar-refractivity contribution in [3.8, 4) is 11.8 Å². The van der Waals surface area contributed by atoms with Gasteiger partial charge in [0, 0.05) is 0 Å². The minimum atomic E-state index is -0.589. The number of H-pyrrole nitrogens is 1. The smallest absolute Gasteiger partial charge is 0.297 e. The highest BCUT2D eigenvalue weighted by atomic mass is 35.5. The zero-order valence-electron chi connectivity index (χ0n) is 10.1. The summed E-state index contributed by atoms with van der Waals surface area (Å²) in [6, 6.07) is 8.68. The quantitative estimate of drug-likeness (QED) is 0.845. The van der Waals surface area contributed by atoms with Gasteiger partial charge in [-0.25, -0.2) is 9.36 Å². The topological polar surface area (TPSA) is 78.7 Å². The minimum Gasteiger partial charge on any atom is -0.297 e. The molecule has 1 heterocycles. The number of benzene rings is 1. The summed E-state index contributed by atoms with van der Waals surface area (Å²) in [6.07, 6.45) is 0.283. The Bertz CT molecular complexity index is 766. The number of rotatable bonds is 2. The van der Waals surface area contributed by atoms with Crippen molar-refractivity contribution >= 4 is 11.6 Å². The van der Waals surface area contributed by atoms with Crippen LogP contribution in [0.1, 0.15) is 11.1 Å². The first kappa shape index (κ1) is 13.1. The number of aromatic amines is 1. The van der Waals surface area contributed by atoms with Gasteiger partial charge in [-0.05, 0) is 24.6 Å². The van der Waals surface area contributed by atoms with Crippen LogP contribution in [-0.2, 0) is 6.42 Å². The Kier molecular flexibility index (Phi) is 3.54. The van der Waals surface area contributed by atoms with E-state index in [-0.39, 0.29) is 17.1 Å². The van der Waals surface area contributed by atoms with E-state index in [1.807, 2.05) is 6.07 Å². The maximum atomic E-state index is 12.0. The van der Waals surface area contributed by atoms with Crippen LogP contribution < -0.4 is 11.2 Å². The first-order chi connectivity index (χ1) is 9.04. The van der Waals surface area contributed by atoms with Gasteiger partial charge in [-0.1, -0.05) is 23.7 Å². The molecule has 0 aliphatic rings. The lowest BCUT2D eigenvalue weighted by Gasteiger charge is -2.07. The minimum absolute atomic E-state index is 0.0485. The monoisotopic (exact) mass is 275 g/mol. The molecule has 19 heavy (non-hydrogen) atoms. The van der Waals surface area contributed by atoms with Crippen LogP contribution >= 0.6 is 11.6 Å². The molecule has 0 saturated carbocycles. The van der Waals surface area contributed by atoms with Crippen LogP contribution in [0, 0.1) is 18.3 Å². The number of halogens is 1. The van der Waals surface area contributed by atoms with Crippen molar-refractivity contribution < 1.29 is 0 Å². The van der Waals surface area contributed by atoms with E-state index in [0.717, 1.165) is 10.1 Å². The molecule has 0 aliphatic carbocycles. The van der Waals surface area contributed by atoms with E-state index < -0.39 is 11.2 Å². The molecule has 0 amide bonds. The third-order valence-corrected chi connectivity index (χ3v) is 3.13. The van der Waals surface area contributed by atoms with Crippen LogP contribution in [0.15, 0.2) is 33.9 Å². The zero-order chi connectivity index (χ0) is 14.0. The van der Waals surface area contributed by atoms with Crippen LogP contribution in [0.25, 0.3) is 5.69 Å². The molecule has 0 radical (unpaired) electrons. The zero-order valence-corrected chi connectivity index (χ0v) is 10.9. The first-order valence-corrected chi connectivity index (χ1v) is 5.90. The Morgan fingerprint density at radius 2 is 1.95 bits per heavy atom. The van der Waals surface area contributed by atoms with Crippen molar-refractivity contribution in [2.24, 2.45) is 0 Å². The largest absolute Gasteiger partial charge is 0.334 e. The highest BCUT2D eigenvalue weighted by molar-refractivity contribution is 6.30. The summed E-state index contributed by atoms with van der Waals surface area (Å²) in [7, 11) is 0. The molecule has 1 N–H and O–H groups in total. The van der Waals surface area contributed by atoms with Gasteiger partial charge >= 0.3 is 5.69 Å². The fourth-order valence-electron chi connectivity index (χ4n) is 1.69. The second-order valence-corrected chi connectivity index (χ2v) is 4.39. The molecular formula is C13H10ClN3O2. The van der Waals surface area contributed by atoms with Gasteiger partial charge in [-0.15, -0.1) is 0 Å². The average Bonchev–Trinajstić information content (AvgIpc) is 2.38. The maximum absolute atomic E-state index is 12.0. The molecule has 0 aliphatic heterocycles. The van der Waals surface area contributed by atoms with Gasteiger partial charge in [0.1, 0.15) is 5.15 Å². The van der Waals surface area contributed by atoms with Crippen molar-refractivity contribution in [1.29, 1.82) is 5.26 Å². The van der Waals surface area contributed by atoms with Crippen molar-refractivity contribution in [2.45, 2.75) is 13.3 Å². The number of aromatic nitrogens is 2. The standard InChI is InChI=1S/C13H10ClN3O2/c1-8-11(14)16-13(19)17(12(8)18)10-4-2-9(3-5-10)6-7-15/h2-5H,6H2,1H3,(H,16,19). The number of hydrogen-bond acceptors (Lipinski definition) is 3. The molecule has 5 nitrogen and oxygen atoms in total. The molecule has 1 aromatic carbocycles. The van der Waals surface area contributed by atoms with Crippen LogP contribution in [-0.4, -0.2) is 9.55 Å². The molecule has 0 bridgehead atoms. The average molecular weight is 276 g/mol. The van der Waals surface area contributed by atoms with E-state index in [1.54, 1.807) is 31.2 Å². The molecule has 2 aromatic rings. The third kappa shape index (κ3) is 2.44. The van der Waals surface area contributed by atoms with E-state index in [2.05, 4.69) is 4.98 Å². The van der Waals surface area contributed by atoms with Gasteiger partial charge in [0.2, 0.25) is 0 Å². The van der Waals surface area contributed by atoms with Crippen LogP contribution in [0.3, 0.4) is 0 Å². The lowest BCUT2D eigenvalue weighted by molar-refractivity contribution is 0.859. The van der Waals surface area contributed by atoms with Crippen molar-refractivity contribution in [2.75, 3.05) is 0 Å². The van der Waals surface area contributed by atoms with E-state index >= 15 is 0 Å². The Balaban J connectivity index is 2.60. The summed E-state index contributed by atoms with van der Waals surface area (Å²) < 4.78 is 1.01. The highest BCUT2D eigenvalue weighted by Gasteiger charge is 2.10. The fourth-order valence-corrected chi connectivity index (χ4v) is 1.85. The van der Waals surface area contributed by atoms with Gasteiger partial charge in [-0.3, -0.25) is 9.78 Å². The van der Waals surface area contributed by atoms with Gasteiger partial charge in [0.15, 0.2) is 0 Å². The highest BCUT2D eigenvalue weighted by Crippen LogP contribution is 2.09. The maximum Gasteiger partial charge on any atom is 0.334 e. The molecule has 1 aromatic heterocycles. The van der Waals surface area contributed by atoms with Gasteiger partial charge < -0.3 is 0 Å². The van der Waals surface area contributed by atoms with Crippen LogP contribution in [0.2, 0.25) is 5.15 Å². The Labute approximate surface area is 113 Å². The molecule has 0 spiro atoms. The summed E-state index contributed by atoms with van der Waals surface area (Å²) in [6.45, 7) is 1.54. The van der Waals surface area contributed by atoms with E-state index in [0.29, 0.717) is 5.69 Å². The molecule has 0 atom stereocenters. The summed E-state index contributed by atoms with van der Waals surface area (Å²) >= 11 is 5.74. The van der Waals surface area contributed by atoms with Crippen LogP contribution in [0.5, 0.6) is 0 Å². The normalized spacial score (nSPS) is 10.2. The second kappa shape index (κ2) is 5.12. The van der Waals surface area contributed by atoms with Crippen molar-refractivity contribution in [1.82, 2.24) is 9.55 Å². The van der Waals surface area contributed by atoms with E-state index in [4.69, 9.17) is 16.9 Å². The second-order valence-electron chi connectivity index (χ2n) is 4.01. The first-order valence-electron chi connectivity index (χ1n) is 5.52. The Morgan fingerprint density at radius 3 is 2.53 bits per heavy atom. The summed E-state index contributed by atoms with van der Waals surface area (Å²) in [5.74, 6) is 0. The van der Waals surface area contributed by atoms with Crippen LogP contribution in [0.4, 0.5) is 0 Å². The summed E-state index contributed by atoms with van der Waals surface area (Å²) in [5, 5.41) is 8.63. The molecular weight excluding hydrogens is 266 g/mol. The van der Waals surface area contributed by atoms with Crippen molar-refractivity contribution in [3.05, 3.63) is 61.4 Å².